The second-order valence-corrected chi connectivity index (χ2v) is 6.79. The largest absolute Gasteiger partial charge is 0.353 e. The first-order valence-corrected chi connectivity index (χ1v) is 8.20. The van der Waals surface area contributed by atoms with Crippen molar-refractivity contribution in [3.05, 3.63) is 0 Å². The summed E-state index contributed by atoms with van der Waals surface area (Å²) in [5.41, 5.74) is 6.12. The van der Waals surface area contributed by atoms with Crippen LogP contribution in [0, 0.1) is 11.8 Å². The first-order chi connectivity index (χ1) is 9.15. The Morgan fingerprint density at radius 3 is 2.63 bits per heavy atom. The maximum Gasteiger partial charge on any atom is 0.220 e. The number of rotatable bonds is 3. The second-order valence-electron chi connectivity index (χ2n) is 6.79. The Morgan fingerprint density at radius 1 is 1.05 bits per heavy atom. The van der Waals surface area contributed by atoms with E-state index in [1.54, 1.807) is 0 Å². The Morgan fingerprint density at radius 2 is 1.84 bits per heavy atom. The molecule has 0 saturated heterocycles. The molecule has 0 bridgehead atoms. The molecule has 3 nitrogen and oxygen atoms in total. The van der Waals surface area contributed by atoms with Crippen molar-refractivity contribution in [2.24, 2.45) is 17.6 Å². The van der Waals surface area contributed by atoms with Crippen LogP contribution in [0.25, 0.3) is 0 Å². The van der Waals surface area contributed by atoms with Gasteiger partial charge in [0.15, 0.2) is 0 Å². The van der Waals surface area contributed by atoms with Crippen LogP contribution in [0.5, 0.6) is 0 Å². The summed E-state index contributed by atoms with van der Waals surface area (Å²) in [6.45, 7) is 2.32. The van der Waals surface area contributed by atoms with Gasteiger partial charge in [0.05, 0.1) is 0 Å². The molecule has 3 N–H and O–H groups in total. The van der Waals surface area contributed by atoms with Gasteiger partial charge in [-0.25, -0.2) is 0 Å². The fourth-order valence-corrected chi connectivity index (χ4v) is 3.65. The third-order valence-corrected chi connectivity index (χ3v) is 5.04. The summed E-state index contributed by atoms with van der Waals surface area (Å²) in [5, 5.41) is 3.25. The fourth-order valence-electron chi connectivity index (χ4n) is 3.65. The van der Waals surface area contributed by atoms with Crippen molar-refractivity contribution >= 4 is 5.91 Å². The van der Waals surface area contributed by atoms with Crippen LogP contribution in [0.4, 0.5) is 0 Å². The highest BCUT2D eigenvalue weighted by molar-refractivity contribution is 5.76. The van der Waals surface area contributed by atoms with E-state index < -0.39 is 0 Å². The molecule has 2 fully saturated rings. The minimum absolute atomic E-state index is 0.238. The molecule has 0 heterocycles. The van der Waals surface area contributed by atoms with Gasteiger partial charge >= 0.3 is 0 Å². The molecule has 0 aromatic rings. The van der Waals surface area contributed by atoms with Gasteiger partial charge < -0.3 is 11.1 Å². The van der Waals surface area contributed by atoms with Crippen molar-refractivity contribution in [2.75, 3.05) is 0 Å². The Balaban J connectivity index is 1.74. The van der Waals surface area contributed by atoms with Crippen molar-refractivity contribution in [3.8, 4) is 0 Å². The molecule has 0 aromatic carbocycles. The third-order valence-electron chi connectivity index (χ3n) is 5.04. The van der Waals surface area contributed by atoms with Crippen molar-refractivity contribution in [1.82, 2.24) is 5.32 Å². The standard InChI is InChI=1S/C16H30N2O/c1-12-5-4-7-14(10-9-12)18-16(19)11-13-6-2-3-8-15(13)17/h12-15H,2-11,17H2,1H3,(H,18,19). The molecule has 3 heteroatoms. The summed E-state index contributed by atoms with van der Waals surface area (Å²) in [6, 6.07) is 0.658. The maximum absolute atomic E-state index is 12.2. The highest BCUT2D eigenvalue weighted by Crippen LogP contribution is 2.26. The van der Waals surface area contributed by atoms with E-state index in [9.17, 15) is 4.79 Å². The van der Waals surface area contributed by atoms with Gasteiger partial charge in [0, 0.05) is 18.5 Å². The second kappa shape index (κ2) is 7.28. The first-order valence-electron chi connectivity index (χ1n) is 8.20. The number of nitrogens with one attached hydrogen (secondary N) is 1. The number of carbonyl (C=O) groups excluding carboxylic acids is 1. The van der Waals surface area contributed by atoms with Gasteiger partial charge in [0.1, 0.15) is 0 Å². The van der Waals surface area contributed by atoms with Crippen molar-refractivity contribution < 1.29 is 4.79 Å². The van der Waals surface area contributed by atoms with E-state index in [1.807, 2.05) is 0 Å². The van der Waals surface area contributed by atoms with Gasteiger partial charge in [-0.1, -0.05) is 32.6 Å². The van der Waals surface area contributed by atoms with Gasteiger partial charge in [-0.3, -0.25) is 4.79 Å². The van der Waals surface area contributed by atoms with Crippen LogP contribution in [-0.4, -0.2) is 18.0 Å². The van der Waals surface area contributed by atoms with Crippen LogP contribution < -0.4 is 11.1 Å². The van der Waals surface area contributed by atoms with Crippen molar-refractivity contribution in [3.63, 3.8) is 0 Å². The van der Waals surface area contributed by atoms with E-state index >= 15 is 0 Å². The smallest absolute Gasteiger partial charge is 0.220 e. The number of hydrogen-bond acceptors (Lipinski definition) is 2. The summed E-state index contributed by atoms with van der Waals surface area (Å²) in [7, 11) is 0. The molecule has 4 unspecified atom stereocenters. The molecule has 2 rings (SSSR count). The Hall–Kier alpha value is -0.570. The Bertz CT molecular complexity index is 292. The molecule has 0 radical (unpaired) electrons. The average molecular weight is 266 g/mol. The van der Waals surface area contributed by atoms with Crippen molar-refractivity contribution in [1.29, 1.82) is 0 Å². The molecule has 0 aromatic heterocycles. The lowest BCUT2D eigenvalue weighted by molar-refractivity contribution is -0.123. The monoisotopic (exact) mass is 266 g/mol. The van der Waals surface area contributed by atoms with Crippen LogP contribution in [0.15, 0.2) is 0 Å². The van der Waals surface area contributed by atoms with Gasteiger partial charge in [-0.2, -0.15) is 0 Å². The lowest BCUT2D eigenvalue weighted by atomic mass is 9.83. The van der Waals surface area contributed by atoms with Crippen molar-refractivity contribution in [2.45, 2.75) is 83.2 Å². The number of amides is 1. The van der Waals surface area contributed by atoms with Crippen LogP contribution in [0.2, 0.25) is 0 Å². The molecule has 110 valence electrons. The molecule has 4 atom stereocenters. The number of nitrogens with two attached hydrogens (primary N) is 1. The van der Waals surface area contributed by atoms with Gasteiger partial charge in [-0.15, -0.1) is 0 Å². The predicted octanol–water partition coefficient (Wildman–Crippen LogP) is 2.98. The molecule has 2 aliphatic rings. The summed E-state index contributed by atoms with van der Waals surface area (Å²) in [6.07, 6.45) is 11.5. The summed E-state index contributed by atoms with van der Waals surface area (Å²) in [4.78, 5) is 12.2. The Labute approximate surface area is 117 Å². The van der Waals surface area contributed by atoms with Gasteiger partial charge in [0.25, 0.3) is 0 Å². The van der Waals surface area contributed by atoms with E-state index in [0.29, 0.717) is 18.4 Å². The summed E-state index contributed by atoms with van der Waals surface area (Å²) in [5.74, 6) is 1.48. The van der Waals surface area contributed by atoms with E-state index in [-0.39, 0.29) is 11.9 Å². The SMILES string of the molecule is CC1CCCC(NC(=O)CC2CCCCC2N)CC1. The van der Waals surface area contributed by atoms with Crippen LogP contribution >= 0.6 is 0 Å². The predicted molar refractivity (Wildman–Crippen MR) is 78.7 cm³/mol. The topological polar surface area (TPSA) is 55.1 Å². The minimum atomic E-state index is 0.238. The highest BCUT2D eigenvalue weighted by Gasteiger charge is 2.25. The fraction of sp³-hybridized carbons (Fsp3) is 0.938. The normalized spacial score (nSPS) is 36.5. The molecular weight excluding hydrogens is 236 g/mol. The molecule has 2 aliphatic carbocycles. The first kappa shape index (κ1) is 14.8. The van der Waals surface area contributed by atoms with E-state index in [0.717, 1.165) is 31.6 Å². The lowest BCUT2D eigenvalue weighted by Crippen LogP contribution is -2.40. The van der Waals surface area contributed by atoms with E-state index in [1.165, 1.54) is 32.1 Å². The van der Waals surface area contributed by atoms with Gasteiger partial charge in [-0.05, 0) is 43.9 Å². The minimum Gasteiger partial charge on any atom is -0.353 e. The highest BCUT2D eigenvalue weighted by atomic mass is 16.1. The van der Waals surface area contributed by atoms with Crippen LogP contribution in [0.3, 0.4) is 0 Å². The van der Waals surface area contributed by atoms with Gasteiger partial charge in [0.2, 0.25) is 5.91 Å². The molecule has 0 spiro atoms. The molecule has 19 heavy (non-hydrogen) atoms. The molecule has 0 aliphatic heterocycles. The van der Waals surface area contributed by atoms with Crippen LogP contribution in [-0.2, 0) is 4.79 Å². The number of hydrogen-bond donors (Lipinski definition) is 2. The summed E-state index contributed by atoms with van der Waals surface area (Å²) >= 11 is 0. The zero-order chi connectivity index (χ0) is 13.7. The summed E-state index contributed by atoms with van der Waals surface area (Å²) < 4.78 is 0. The quantitative estimate of drug-likeness (QED) is 0.772. The molecule has 1 amide bonds. The van der Waals surface area contributed by atoms with Crippen LogP contribution in [0.1, 0.15) is 71.1 Å². The number of carbonyl (C=O) groups is 1. The zero-order valence-corrected chi connectivity index (χ0v) is 12.4. The van der Waals surface area contributed by atoms with E-state index in [4.69, 9.17) is 5.73 Å². The maximum atomic E-state index is 12.2. The lowest BCUT2D eigenvalue weighted by Gasteiger charge is -2.28. The Kier molecular flexibility index (Phi) is 5.68. The van der Waals surface area contributed by atoms with E-state index in [2.05, 4.69) is 12.2 Å². The third kappa shape index (κ3) is 4.79. The average Bonchev–Trinajstić information content (AvgIpc) is 2.57. The molecular formula is C16H30N2O. The molecule has 2 saturated carbocycles. The zero-order valence-electron chi connectivity index (χ0n) is 12.4.